The van der Waals surface area contributed by atoms with Crippen molar-refractivity contribution >= 4 is 5.91 Å². The Kier molecular flexibility index (Phi) is 5.22. The first-order valence-corrected chi connectivity index (χ1v) is 8.78. The molecule has 3 heterocycles. The first kappa shape index (κ1) is 17.4. The van der Waals surface area contributed by atoms with Gasteiger partial charge < -0.3 is 15.4 Å². The van der Waals surface area contributed by atoms with E-state index in [4.69, 9.17) is 4.74 Å². The fourth-order valence-corrected chi connectivity index (χ4v) is 3.71. The van der Waals surface area contributed by atoms with Crippen molar-refractivity contribution in [3.8, 4) is 0 Å². The average Bonchev–Trinajstić information content (AvgIpc) is 3.14. The topological polar surface area (TPSA) is 71.4 Å². The summed E-state index contributed by atoms with van der Waals surface area (Å²) in [5.74, 6) is 0.331. The number of ether oxygens (including phenoxy) is 1. The van der Waals surface area contributed by atoms with E-state index in [0.717, 1.165) is 44.9 Å². The number of aryl methyl sites for hydroxylation is 1. The molecule has 1 amide bonds. The average molecular weight is 335 g/mol. The second-order valence-electron chi connectivity index (χ2n) is 7.49. The maximum atomic E-state index is 12.6. The number of morpholine rings is 1. The monoisotopic (exact) mass is 335 g/mol. The van der Waals surface area contributed by atoms with E-state index in [1.807, 2.05) is 19.4 Å². The zero-order chi connectivity index (χ0) is 17.2. The van der Waals surface area contributed by atoms with Gasteiger partial charge in [0.15, 0.2) is 0 Å². The van der Waals surface area contributed by atoms with E-state index >= 15 is 0 Å². The summed E-state index contributed by atoms with van der Waals surface area (Å²) in [6, 6.07) is 0. The van der Waals surface area contributed by atoms with Gasteiger partial charge in [0, 0.05) is 58.4 Å². The Morgan fingerprint density at radius 1 is 1.50 bits per heavy atom. The molecule has 0 spiro atoms. The van der Waals surface area contributed by atoms with Crippen molar-refractivity contribution in [1.29, 1.82) is 0 Å². The highest BCUT2D eigenvalue weighted by Gasteiger charge is 2.34. The van der Waals surface area contributed by atoms with Crippen LogP contribution in [0, 0.1) is 5.92 Å². The van der Waals surface area contributed by atoms with Gasteiger partial charge in [-0.25, -0.2) is 0 Å². The van der Waals surface area contributed by atoms with E-state index in [0.29, 0.717) is 6.54 Å². The molecule has 2 aliphatic rings. The van der Waals surface area contributed by atoms with Crippen LogP contribution in [0.15, 0.2) is 12.4 Å². The Hall–Kier alpha value is -1.44. The Labute approximate surface area is 143 Å². The smallest absolute Gasteiger partial charge is 0.225 e. The van der Waals surface area contributed by atoms with E-state index in [1.165, 1.54) is 0 Å². The lowest BCUT2D eigenvalue weighted by Gasteiger charge is -2.38. The van der Waals surface area contributed by atoms with Crippen LogP contribution in [0.3, 0.4) is 0 Å². The number of nitrogens with one attached hydrogen (secondary N) is 2. The molecule has 24 heavy (non-hydrogen) atoms. The predicted octanol–water partition coefficient (Wildman–Crippen LogP) is -0.0499. The molecule has 0 unspecified atom stereocenters. The molecule has 0 aromatic carbocycles. The molecule has 134 valence electrons. The van der Waals surface area contributed by atoms with Gasteiger partial charge >= 0.3 is 0 Å². The van der Waals surface area contributed by atoms with Crippen LogP contribution in [-0.2, 0) is 16.6 Å². The molecule has 7 nitrogen and oxygen atoms in total. The van der Waals surface area contributed by atoms with Crippen molar-refractivity contribution < 1.29 is 9.53 Å². The van der Waals surface area contributed by atoms with Crippen LogP contribution in [0.2, 0.25) is 0 Å². The van der Waals surface area contributed by atoms with E-state index in [9.17, 15) is 4.79 Å². The predicted molar refractivity (Wildman–Crippen MR) is 91.8 cm³/mol. The van der Waals surface area contributed by atoms with Crippen LogP contribution in [0.5, 0.6) is 0 Å². The molecule has 1 aromatic heterocycles. The Morgan fingerprint density at radius 2 is 2.33 bits per heavy atom. The highest BCUT2D eigenvalue weighted by Crippen LogP contribution is 2.27. The third-order valence-electron chi connectivity index (χ3n) is 4.94. The molecular formula is C17H29N5O2. The molecule has 2 atom stereocenters. The zero-order valence-corrected chi connectivity index (χ0v) is 14.9. The van der Waals surface area contributed by atoms with Gasteiger partial charge in [0.1, 0.15) is 0 Å². The van der Waals surface area contributed by atoms with Crippen molar-refractivity contribution in [3.63, 3.8) is 0 Å². The zero-order valence-electron chi connectivity index (χ0n) is 14.9. The Bertz CT molecular complexity index is 571. The maximum absolute atomic E-state index is 12.6. The van der Waals surface area contributed by atoms with E-state index in [-0.39, 0.29) is 23.3 Å². The number of hydrogen-bond donors (Lipinski definition) is 2. The lowest BCUT2D eigenvalue weighted by molar-refractivity contribution is -0.125. The highest BCUT2D eigenvalue weighted by molar-refractivity contribution is 5.80. The minimum Gasteiger partial charge on any atom is -0.373 e. The van der Waals surface area contributed by atoms with Gasteiger partial charge in [-0.1, -0.05) is 0 Å². The fraction of sp³-hybridized carbons (Fsp3) is 0.765. The number of aromatic nitrogens is 2. The molecule has 1 aromatic rings. The highest BCUT2D eigenvalue weighted by atomic mass is 16.5. The van der Waals surface area contributed by atoms with Crippen molar-refractivity contribution in [2.24, 2.45) is 13.0 Å². The largest absolute Gasteiger partial charge is 0.373 e. The Balaban J connectivity index is 1.48. The summed E-state index contributed by atoms with van der Waals surface area (Å²) in [4.78, 5) is 14.9. The maximum Gasteiger partial charge on any atom is 0.225 e. The van der Waals surface area contributed by atoms with Gasteiger partial charge in [0.25, 0.3) is 0 Å². The summed E-state index contributed by atoms with van der Waals surface area (Å²) in [7, 11) is 1.91. The SMILES string of the molecule is Cn1cc([C@H]2CNC[C@@H]2C(=O)NCCN2CCOC(C)(C)C2)cn1. The van der Waals surface area contributed by atoms with Crippen LogP contribution in [0.4, 0.5) is 0 Å². The van der Waals surface area contributed by atoms with Gasteiger partial charge in [-0.15, -0.1) is 0 Å². The second-order valence-corrected chi connectivity index (χ2v) is 7.49. The number of hydrogen-bond acceptors (Lipinski definition) is 5. The summed E-state index contributed by atoms with van der Waals surface area (Å²) >= 11 is 0. The Morgan fingerprint density at radius 3 is 3.04 bits per heavy atom. The first-order chi connectivity index (χ1) is 11.4. The summed E-state index contributed by atoms with van der Waals surface area (Å²) in [6.45, 7) is 9.95. The van der Waals surface area contributed by atoms with E-state index in [1.54, 1.807) is 4.68 Å². The fourth-order valence-electron chi connectivity index (χ4n) is 3.71. The van der Waals surface area contributed by atoms with Crippen molar-refractivity contribution in [3.05, 3.63) is 18.0 Å². The molecule has 0 bridgehead atoms. The lowest BCUT2D eigenvalue weighted by atomic mass is 9.90. The van der Waals surface area contributed by atoms with Crippen molar-refractivity contribution in [1.82, 2.24) is 25.3 Å². The van der Waals surface area contributed by atoms with Crippen LogP contribution in [0.25, 0.3) is 0 Å². The molecule has 2 fully saturated rings. The van der Waals surface area contributed by atoms with Crippen molar-refractivity contribution in [2.75, 3.05) is 45.9 Å². The molecule has 3 rings (SSSR count). The normalized spacial score (nSPS) is 27.3. The molecule has 2 N–H and O–H groups in total. The van der Waals surface area contributed by atoms with Gasteiger partial charge in [-0.05, 0) is 19.4 Å². The van der Waals surface area contributed by atoms with Gasteiger partial charge in [0.05, 0.1) is 24.3 Å². The summed E-state index contributed by atoms with van der Waals surface area (Å²) in [5, 5.41) is 10.7. The quantitative estimate of drug-likeness (QED) is 0.789. The van der Waals surface area contributed by atoms with E-state index < -0.39 is 0 Å². The third kappa shape index (κ3) is 4.15. The summed E-state index contributed by atoms with van der Waals surface area (Å²) in [5.41, 5.74) is 1.04. The van der Waals surface area contributed by atoms with E-state index in [2.05, 4.69) is 34.5 Å². The van der Waals surface area contributed by atoms with Crippen LogP contribution in [-0.4, -0.2) is 72.1 Å². The van der Waals surface area contributed by atoms with Crippen LogP contribution < -0.4 is 10.6 Å². The standard InChI is InChI=1S/C17H29N5O2/c1-17(2)12-22(6-7-24-17)5-4-19-16(23)15-10-18-9-14(15)13-8-20-21(3)11-13/h8,11,14-15,18H,4-7,9-10,12H2,1-3H3,(H,19,23)/t14-,15+/m1/s1. The third-order valence-corrected chi connectivity index (χ3v) is 4.94. The number of nitrogens with zero attached hydrogens (tertiary/aromatic N) is 3. The molecule has 7 heteroatoms. The van der Waals surface area contributed by atoms with Gasteiger partial charge in [0.2, 0.25) is 5.91 Å². The number of carbonyl (C=O) groups is 1. The molecular weight excluding hydrogens is 306 g/mol. The van der Waals surface area contributed by atoms with Crippen LogP contribution in [0.1, 0.15) is 25.3 Å². The van der Waals surface area contributed by atoms with Gasteiger partial charge in [-0.3, -0.25) is 14.4 Å². The minimum atomic E-state index is -0.0942. The molecule has 2 aliphatic heterocycles. The number of amides is 1. The van der Waals surface area contributed by atoms with Crippen LogP contribution >= 0.6 is 0 Å². The van der Waals surface area contributed by atoms with Gasteiger partial charge in [-0.2, -0.15) is 5.10 Å². The lowest BCUT2D eigenvalue weighted by Crippen LogP contribution is -2.50. The summed E-state index contributed by atoms with van der Waals surface area (Å²) < 4.78 is 7.52. The first-order valence-electron chi connectivity index (χ1n) is 8.78. The molecule has 2 saturated heterocycles. The number of carbonyl (C=O) groups excluding carboxylic acids is 1. The second kappa shape index (κ2) is 7.21. The molecule has 0 radical (unpaired) electrons. The van der Waals surface area contributed by atoms with Crippen molar-refractivity contribution in [2.45, 2.75) is 25.4 Å². The molecule has 0 saturated carbocycles. The number of rotatable bonds is 5. The minimum absolute atomic E-state index is 0.0182. The molecule has 0 aliphatic carbocycles. The summed E-state index contributed by atoms with van der Waals surface area (Å²) in [6.07, 6.45) is 3.88.